The molecule has 0 aromatic heterocycles. The van der Waals surface area contributed by atoms with Crippen molar-refractivity contribution in [3.05, 3.63) is 47.7 Å². The zero-order valence-corrected chi connectivity index (χ0v) is 39.9. The van der Waals surface area contributed by atoms with Gasteiger partial charge in [0, 0.05) is 51.4 Å². The number of benzene rings is 1. The van der Waals surface area contributed by atoms with Crippen LogP contribution in [0.1, 0.15) is 119 Å². The molecule has 8 atom stereocenters. The monoisotopic (exact) mass is 846 g/mol. The first-order valence-electron chi connectivity index (χ1n) is 22.3. The standard InChI is InChI=1S/C23H32N2O3.C21H43N3O3S.C3H8/c1-16(21-12-7-13-25(21)15-19-10-6-11-19)17(2)22(26)24-20(23(27)28)14-18-8-4-3-5-9-18;1-10-16(5)20(17(11-2)27-8)24(7)18(25)14-22-21(26)19(15(3)4)23(6)12-13-28-9;1-3-2/h3-5,8-9,15-17,20-21H,6-7,10-14H2,1-2H3,(H,24,26)(H,27,28);15-17,19-20H,10-14H2,1-9H3,(H,22,26);3H2,1-2H3. The fourth-order valence-electron chi connectivity index (χ4n) is 7.94. The Labute approximate surface area is 363 Å². The van der Waals surface area contributed by atoms with E-state index < -0.39 is 12.0 Å². The topological polar surface area (TPSA) is 132 Å². The summed E-state index contributed by atoms with van der Waals surface area (Å²) >= 11 is 1.76. The first-order chi connectivity index (χ1) is 28.0. The highest BCUT2D eigenvalue weighted by molar-refractivity contribution is 7.98. The smallest absolute Gasteiger partial charge is 0.326 e. The number of thioether (sulfide) groups is 1. The van der Waals surface area contributed by atoms with Gasteiger partial charge in [0.2, 0.25) is 17.7 Å². The molecular formula is C47H83N5O6S. The molecule has 1 saturated carbocycles. The van der Waals surface area contributed by atoms with Gasteiger partial charge in [-0.15, -0.1) is 0 Å². The molecule has 0 bridgehead atoms. The summed E-state index contributed by atoms with van der Waals surface area (Å²) in [5.74, 6) is 0.0754. The highest BCUT2D eigenvalue weighted by Gasteiger charge is 2.36. The van der Waals surface area contributed by atoms with Crippen molar-refractivity contribution in [3.8, 4) is 0 Å². The third-order valence-corrected chi connectivity index (χ3v) is 12.6. The van der Waals surface area contributed by atoms with E-state index in [-0.39, 0.29) is 60.2 Å². The number of hydrogen-bond acceptors (Lipinski definition) is 8. The van der Waals surface area contributed by atoms with Crippen LogP contribution in [0.4, 0.5) is 0 Å². The molecule has 1 saturated heterocycles. The number of carboxylic acid groups (broad SMARTS) is 1. The minimum Gasteiger partial charge on any atom is -0.480 e. The Morgan fingerprint density at radius 1 is 0.966 bits per heavy atom. The summed E-state index contributed by atoms with van der Waals surface area (Å²) < 4.78 is 5.63. The molecular weight excluding hydrogens is 763 g/mol. The van der Waals surface area contributed by atoms with Gasteiger partial charge >= 0.3 is 5.97 Å². The molecule has 338 valence electrons. The van der Waals surface area contributed by atoms with Gasteiger partial charge in [0.25, 0.3) is 0 Å². The van der Waals surface area contributed by atoms with E-state index in [0.717, 1.165) is 50.1 Å². The van der Waals surface area contributed by atoms with E-state index in [4.69, 9.17) is 4.74 Å². The Morgan fingerprint density at radius 2 is 1.59 bits per heavy atom. The summed E-state index contributed by atoms with van der Waals surface area (Å²) in [7, 11) is 5.48. The number of amides is 3. The van der Waals surface area contributed by atoms with E-state index in [1.807, 2.05) is 65.2 Å². The third kappa shape index (κ3) is 18.2. The number of nitrogens with zero attached hydrogens (tertiary/aromatic N) is 3. The van der Waals surface area contributed by atoms with Gasteiger partial charge in [-0.3, -0.25) is 19.3 Å². The molecule has 2 aliphatic rings. The maximum atomic E-state index is 12.8. The molecule has 12 heteroatoms. The number of aliphatic carboxylic acids is 1. The van der Waals surface area contributed by atoms with Crippen LogP contribution in [-0.2, 0) is 30.3 Å². The van der Waals surface area contributed by atoms with Crippen molar-refractivity contribution in [2.24, 2.45) is 23.7 Å². The Kier molecular flexibility index (Phi) is 26.7. The number of likely N-dealkylation sites (N-methyl/N-ethyl adjacent to an activating group) is 2. The van der Waals surface area contributed by atoms with Crippen molar-refractivity contribution in [2.75, 3.05) is 52.8 Å². The largest absolute Gasteiger partial charge is 0.480 e. The number of hydrogen-bond donors (Lipinski definition) is 3. The van der Waals surface area contributed by atoms with Crippen LogP contribution in [0.5, 0.6) is 0 Å². The van der Waals surface area contributed by atoms with Gasteiger partial charge in [-0.2, -0.15) is 11.8 Å². The first-order valence-corrected chi connectivity index (χ1v) is 23.7. The van der Waals surface area contributed by atoms with E-state index >= 15 is 0 Å². The SMILES string of the molecule is CC(C(=O)NC(Cc1ccccc1)C(=O)O)C(C)C1CCCN1C=C1CCC1.CCC.CCC(C)C(C(CC)OC)N(C)C(=O)CNC(=O)C(C(C)C)N(C)CCSC. The molecule has 11 nitrogen and oxygen atoms in total. The third-order valence-electron chi connectivity index (χ3n) is 12.0. The second-order valence-corrected chi connectivity index (χ2v) is 18.0. The minimum absolute atomic E-state index is 0.00505. The van der Waals surface area contributed by atoms with Crippen LogP contribution in [0, 0.1) is 23.7 Å². The lowest BCUT2D eigenvalue weighted by Crippen LogP contribution is -2.54. The Morgan fingerprint density at radius 3 is 2.08 bits per heavy atom. The average Bonchev–Trinajstić information content (AvgIpc) is 3.67. The molecule has 8 unspecified atom stereocenters. The van der Waals surface area contributed by atoms with Crippen LogP contribution in [0.25, 0.3) is 0 Å². The van der Waals surface area contributed by atoms with Crippen LogP contribution in [0.3, 0.4) is 0 Å². The van der Waals surface area contributed by atoms with Crippen LogP contribution < -0.4 is 10.6 Å². The summed E-state index contributed by atoms with van der Waals surface area (Å²) in [4.78, 5) is 56.3. The van der Waals surface area contributed by atoms with Crippen molar-refractivity contribution in [2.45, 2.75) is 150 Å². The Hall–Kier alpha value is -3.09. The zero-order chi connectivity index (χ0) is 44.7. The fraction of sp³-hybridized carbons (Fsp3) is 0.745. The summed E-state index contributed by atoms with van der Waals surface area (Å²) in [5, 5.41) is 15.2. The Bertz CT molecular complexity index is 1390. The van der Waals surface area contributed by atoms with Gasteiger partial charge < -0.3 is 30.3 Å². The first kappa shape index (κ1) is 53.9. The van der Waals surface area contributed by atoms with Gasteiger partial charge in [0.15, 0.2) is 0 Å². The summed E-state index contributed by atoms with van der Waals surface area (Å²) in [6.45, 7) is 20.6. The number of ether oxygens (including phenoxy) is 1. The van der Waals surface area contributed by atoms with E-state index in [2.05, 4.69) is 74.4 Å². The lowest BCUT2D eigenvalue weighted by molar-refractivity contribution is -0.142. The number of carboxylic acids is 1. The molecule has 1 aromatic carbocycles. The van der Waals surface area contributed by atoms with Crippen molar-refractivity contribution >= 4 is 35.5 Å². The average molecular weight is 846 g/mol. The van der Waals surface area contributed by atoms with E-state index in [0.29, 0.717) is 18.4 Å². The molecule has 3 N–H and O–H groups in total. The number of nitrogens with one attached hydrogen (secondary N) is 2. The maximum absolute atomic E-state index is 12.8. The van der Waals surface area contributed by atoms with Gasteiger partial charge in [-0.1, -0.05) is 111 Å². The van der Waals surface area contributed by atoms with Crippen molar-refractivity contribution in [1.29, 1.82) is 0 Å². The van der Waals surface area contributed by atoms with Crippen molar-refractivity contribution < 1.29 is 29.0 Å². The van der Waals surface area contributed by atoms with Crippen LogP contribution in [0.2, 0.25) is 0 Å². The van der Waals surface area contributed by atoms with Crippen molar-refractivity contribution in [1.82, 2.24) is 25.3 Å². The molecule has 2 fully saturated rings. The molecule has 1 aliphatic carbocycles. The molecule has 1 heterocycles. The fourth-order valence-corrected chi connectivity index (χ4v) is 8.41. The molecule has 59 heavy (non-hydrogen) atoms. The van der Waals surface area contributed by atoms with Crippen LogP contribution in [0.15, 0.2) is 42.1 Å². The molecule has 0 spiro atoms. The quantitative estimate of drug-likeness (QED) is 0.107. The predicted molar refractivity (Wildman–Crippen MR) is 245 cm³/mol. The summed E-state index contributed by atoms with van der Waals surface area (Å²) in [6, 6.07) is 8.64. The highest BCUT2D eigenvalue weighted by atomic mass is 32.2. The normalized spacial score (nSPS) is 18.4. The van der Waals surface area contributed by atoms with Crippen LogP contribution in [-0.4, -0.2) is 127 Å². The maximum Gasteiger partial charge on any atom is 0.326 e. The molecule has 3 rings (SSSR count). The second kappa shape index (κ2) is 29.2. The van der Waals surface area contributed by atoms with Crippen LogP contribution >= 0.6 is 11.8 Å². The summed E-state index contributed by atoms with van der Waals surface area (Å²) in [5.41, 5.74) is 2.43. The van der Waals surface area contributed by atoms with E-state index in [1.54, 1.807) is 23.8 Å². The van der Waals surface area contributed by atoms with Gasteiger partial charge in [-0.05, 0) is 81.3 Å². The molecule has 1 aliphatic heterocycles. The molecule has 3 amide bonds. The minimum atomic E-state index is -0.991. The van der Waals surface area contributed by atoms with Gasteiger partial charge in [0.1, 0.15) is 6.04 Å². The second-order valence-electron chi connectivity index (χ2n) is 17.0. The molecule has 1 aromatic rings. The van der Waals surface area contributed by atoms with Gasteiger partial charge in [0.05, 0.1) is 24.7 Å². The van der Waals surface area contributed by atoms with E-state index in [1.165, 1.54) is 31.3 Å². The number of carbonyl (C=O) groups is 4. The zero-order valence-electron chi connectivity index (χ0n) is 39.1. The number of rotatable bonds is 22. The van der Waals surface area contributed by atoms with E-state index in [9.17, 15) is 24.3 Å². The molecule has 0 radical (unpaired) electrons. The highest BCUT2D eigenvalue weighted by Crippen LogP contribution is 2.33. The van der Waals surface area contributed by atoms with Gasteiger partial charge in [-0.25, -0.2) is 4.79 Å². The number of carbonyl (C=O) groups excluding carboxylic acids is 3. The Balaban J connectivity index is 0.000000553. The number of likely N-dealkylation sites (tertiary alicyclic amines) is 1. The lowest BCUT2D eigenvalue weighted by atomic mass is 9.86. The number of methoxy groups -OCH3 is 1. The number of allylic oxidation sites excluding steroid dienone is 1. The predicted octanol–water partition coefficient (Wildman–Crippen LogP) is 7.74. The lowest BCUT2D eigenvalue weighted by Gasteiger charge is -2.37. The summed E-state index contributed by atoms with van der Waals surface area (Å²) in [6.07, 6.45) is 13.6. The van der Waals surface area contributed by atoms with Crippen molar-refractivity contribution in [3.63, 3.8) is 0 Å².